The number of carbonyl (C=O) groups is 2. The normalized spacial score (nSPS) is 12.5. The van der Waals surface area contributed by atoms with Crippen LogP contribution in [-0.2, 0) is 6.54 Å². The molecule has 2 aromatic carbocycles. The Labute approximate surface area is 202 Å². The van der Waals surface area contributed by atoms with Gasteiger partial charge in [0.05, 0.1) is 5.69 Å². The fraction of sp³-hybridized carbons (Fsp3) is 0.333. The molecule has 9 nitrogen and oxygen atoms in total. The third-order valence-corrected chi connectivity index (χ3v) is 6.32. The van der Waals surface area contributed by atoms with Crippen LogP contribution in [0.2, 0.25) is 0 Å². The Morgan fingerprint density at radius 1 is 1.18 bits per heavy atom. The zero-order valence-electron chi connectivity index (χ0n) is 19.3. The number of hydrogen-bond acceptors (Lipinski definition) is 8. The number of amides is 2. The first-order valence-corrected chi connectivity index (χ1v) is 11.6. The van der Waals surface area contributed by atoms with Crippen LogP contribution in [0.5, 0.6) is 11.5 Å². The molecule has 3 N–H and O–H groups in total. The summed E-state index contributed by atoms with van der Waals surface area (Å²) >= 11 is 1.05. The standard InChI is InChI=1S/C24H27N5O4S/c1-15-21(34-28-27-15)22(30)26-18-6-4-5-16(9-18)11-29(13-24(2,3)12-25)23(31)17-7-8-19-20(10-17)33-14-32-19/h4-10H,11-14,25H2,1-3H3,(H,26,30). The third kappa shape index (κ3) is 5.35. The van der Waals surface area contributed by atoms with Crippen molar-refractivity contribution in [2.45, 2.75) is 27.3 Å². The highest BCUT2D eigenvalue weighted by Crippen LogP contribution is 2.33. The van der Waals surface area contributed by atoms with Gasteiger partial charge in [-0.3, -0.25) is 9.59 Å². The number of anilines is 1. The SMILES string of the molecule is Cc1nnsc1C(=O)Nc1cccc(CN(CC(C)(C)CN)C(=O)c2ccc3c(c2)OCO3)c1. The Hall–Kier alpha value is -3.50. The Kier molecular flexibility index (Phi) is 6.80. The highest BCUT2D eigenvalue weighted by atomic mass is 32.1. The molecule has 34 heavy (non-hydrogen) atoms. The number of benzene rings is 2. The van der Waals surface area contributed by atoms with Gasteiger partial charge in [-0.2, -0.15) is 0 Å². The first-order valence-electron chi connectivity index (χ1n) is 10.8. The van der Waals surface area contributed by atoms with Crippen LogP contribution in [0.25, 0.3) is 0 Å². The van der Waals surface area contributed by atoms with Crippen molar-refractivity contribution in [2.75, 3.05) is 25.2 Å². The van der Waals surface area contributed by atoms with Gasteiger partial charge in [-0.15, -0.1) is 5.10 Å². The van der Waals surface area contributed by atoms with Crippen LogP contribution in [0.15, 0.2) is 42.5 Å². The van der Waals surface area contributed by atoms with Gasteiger partial charge in [-0.25, -0.2) is 0 Å². The van der Waals surface area contributed by atoms with Crippen LogP contribution in [0.4, 0.5) is 5.69 Å². The van der Waals surface area contributed by atoms with Crippen LogP contribution in [0, 0.1) is 12.3 Å². The van der Waals surface area contributed by atoms with Crippen LogP contribution in [-0.4, -0.2) is 46.2 Å². The molecule has 0 atom stereocenters. The number of nitrogens with zero attached hydrogens (tertiary/aromatic N) is 3. The molecule has 10 heteroatoms. The summed E-state index contributed by atoms with van der Waals surface area (Å²) in [6.45, 7) is 7.17. The number of aromatic nitrogens is 2. The van der Waals surface area contributed by atoms with E-state index in [1.54, 1.807) is 36.1 Å². The minimum Gasteiger partial charge on any atom is -0.454 e. The fourth-order valence-corrected chi connectivity index (χ4v) is 4.14. The molecule has 0 radical (unpaired) electrons. The van der Waals surface area contributed by atoms with Gasteiger partial charge in [0.15, 0.2) is 11.5 Å². The maximum absolute atomic E-state index is 13.5. The molecular formula is C24H27N5O4S. The molecule has 2 amide bonds. The zero-order chi connectivity index (χ0) is 24.3. The molecule has 0 fully saturated rings. The highest BCUT2D eigenvalue weighted by Gasteiger charge is 2.26. The van der Waals surface area contributed by atoms with Gasteiger partial charge in [0, 0.05) is 24.3 Å². The number of nitrogens with two attached hydrogens (primary N) is 1. The lowest BCUT2D eigenvalue weighted by atomic mass is 9.92. The van der Waals surface area contributed by atoms with Gasteiger partial charge in [-0.1, -0.05) is 30.5 Å². The van der Waals surface area contributed by atoms with Gasteiger partial charge in [-0.05, 0) is 66.3 Å². The number of ether oxygens (including phenoxy) is 2. The number of nitrogens with one attached hydrogen (secondary N) is 1. The predicted molar refractivity (Wildman–Crippen MR) is 129 cm³/mol. The number of rotatable bonds is 8. The summed E-state index contributed by atoms with van der Waals surface area (Å²) < 4.78 is 14.6. The average Bonchev–Trinajstić information content (AvgIpc) is 3.46. The fourth-order valence-electron chi connectivity index (χ4n) is 3.59. The summed E-state index contributed by atoms with van der Waals surface area (Å²) in [6.07, 6.45) is 0. The van der Waals surface area contributed by atoms with E-state index in [0.29, 0.717) is 53.0 Å². The van der Waals surface area contributed by atoms with Crippen LogP contribution in [0.3, 0.4) is 0 Å². The molecule has 1 aromatic heterocycles. The summed E-state index contributed by atoms with van der Waals surface area (Å²) in [5.74, 6) is 0.782. The number of aryl methyl sites for hydroxylation is 1. The third-order valence-electron chi connectivity index (χ3n) is 5.49. The minimum atomic E-state index is -0.283. The number of carbonyl (C=O) groups excluding carboxylic acids is 2. The largest absolute Gasteiger partial charge is 0.454 e. The number of fused-ring (bicyclic) bond motifs is 1. The second-order valence-corrected chi connectivity index (χ2v) is 9.69. The molecule has 0 saturated heterocycles. The van der Waals surface area contributed by atoms with Crippen LogP contribution in [0.1, 0.15) is 45.1 Å². The Morgan fingerprint density at radius 2 is 1.97 bits per heavy atom. The van der Waals surface area contributed by atoms with Crippen molar-refractivity contribution >= 4 is 29.0 Å². The summed E-state index contributed by atoms with van der Waals surface area (Å²) in [7, 11) is 0. The molecule has 1 aliphatic rings. The minimum absolute atomic E-state index is 0.138. The van der Waals surface area contributed by atoms with Crippen molar-refractivity contribution in [3.05, 3.63) is 64.2 Å². The first kappa shape index (κ1) is 23.7. The van der Waals surface area contributed by atoms with E-state index >= 15 is 0 Å². The smallest absolute Gasteiger partial charge is 0.269 e. The number of hydrogen-bond donors (Lipinski definition) is 2. The Bertz CT molecular complexity index is 1210. The second-order valence-electron chi connectivity index (χ2n) is 8.94. The molecule has 4 rings (SSSR count). The van der Waals surface area contributed by atoms with E-state index in [2.05, 4.69) is 14.9 Å². The highest BCUT2D eigenvalue weighted by molar-refractivity contribution is 7.08. The zero-order valence-corrected chi connectivity index (χ0v) is 20.1. The Balaban J connectivity index is 1.55. The Morgan fingerprint density at radius 3 is 2.71 bits per heavy atom. The quantitative estimate of drug-likeness (QED) is 0.506. The van der Waals surface area contributed by atoms with E-state index in [4.69, 9.17) is 15.2 Å². The molecule has 0 spiro atoms. The maximum atomic E-state index is 13.5. The van der Waals surface area contributed by atoms with Gasteiger partial charge in [0.25, 0.3) is 11.8 Å². The predicted octanol–water partition coefficient (Wildman–Crippen LogP) is 3.45. The first-order chi connectivity index (χ1) is 16.3. The summed E-state index contributed by atoms with van der Waals surface area (Å²) in [5.41, 5.74) is 8.28. The lowest BCUT2D eigenvalue weighted by Gasteiger charge is -2.32. The van der Waals surface area contributed by atoms with E-state index < -0.39 is 0 Å². The molecule has 0 aliphatic carbocycles. The molecule has 1 aliphatic heterocycles. The van der Waals surface area contributed by atoms with Crippen LogP contribution >= 0.6 is 11.5 Å². The van der Waals surface area contributed by atoms with E-state index in [9.17, 15) is 9.59 Å². The monoisotopic (exact) mass is 481 g/mol. The van der Waals surface area contributed by atoms with E-state index in [0.717, 1.165) is 17.1 Å². The van der Waals surface area contributed by atoms with E-state index in [-0.39, 0.29) is 24.0 Å². The van der Waals surface area contributed by atoms with Crippen LogP contribution < -0.4 is 20.5 Å². The van der Waals surface area contributed by atoms with Crippen molar-refractivity contribution in [1.82, 2.24) is 14.5 Å². The van der Waals surface area contributed by atoms with Crippen molar-refractivity contribution in [3.8, 4) is 11.5 Å². The van der Waals surface area contributed by atoms with E-state index in [1.165, 1.54) is 0 Å². The molecular weight excluding hydrogens is 454 g/mol. The van der Waals surface area contributed by atoms with Crippen molar-refractivity contribution in [3.63, 3.8) is 0 Å². The van der Waals surface area contributed by atoms with Gasteiger partial charge < -0.3 is 25.4 Å². The van der Waals surface area contributed by atoms with Gasteiger partial charge in [0.2, 0.25) is 6.79 Å². The summed E-state index contributed by atoms with van der Waals surface area (Å²) in [6, 6.07) is 12.6. The van der Waals surface area contributed by atoms with Crippen molar-refractivity contribution < 1.29 is 19.1 Å². The van der Waals surface area contributed by atoms with Crippen molar-refractivity contribution in [1.29, 1.82) is 0 Å². The second kappa shape index (κ2) is 9.78. The van der Waals surface area contributed by atoms with Gasteiger partial charge >= 0.3 is 0 Å². The maximum Gasteiger partial charge on any atom is 0.269 e. The molecule has 0 bridgehead atoms. The summed E-state index contributed by atoms with van der Waals surface area (Å²) in [4.78, 5) is 28.3. The molecule has 178 valence electrons. The molecule has 2 heterocycles. The molecule has 3 aromatic rings. The molecule has 0 saturated carbocycles. The lowest BCUT2D eigenvalue weighted by molar-refractivity contribution is 0.0672. The van der Waals surface area contributed by atoms with Crippen molar-refractivity contribution in [2.24, 2.45) is 11.1 Å². The average molecular weight is 482 g/mol. The van der Waals surface area contributed by atoms with E-state index in [1.807, 2.05) is 32.0 Å². The van der Waals surface area contributed by atoms with Gasteiger partial charge in [0.1, 0.15) is 4.88 Å². The summed E-state index contributed by atoms with van der Waals surface area (Å²) in [5, 5.41) is 6.77. The topological polar surface area (TPSA) is 120 Å². The lowest BCUT2D eigenvalue weighted by Crippen LogP contribution is -2.41. The molecule has 0 unspecified atom stereocenters.